The molecule has 0 aliphatic carbocycles. The second-order valence-corrected chi connectivity index (χ2v) is 3.66. The number of hydrogen-bond acceptors (Lipinski definition) is 3. The van der Waals surface area contributed by atoms with Crippen molar-refractivity contribution in [2.45, 2.75) is 33.0 Å². The fourth-order valence-electron chi connectivity index (χ4n) is 0.629. The van der Waals surface area contributed by atoms with E-state index in [-0.39, 0.29) is 0 Å². The molecule has 0 bridgehead atoms. The molecule has 4 N–H and O–H groups in total. The van der Waals surface area contributed by atoms with E-state index in [0.717, 1.165) is 0 Å². The minimum Gasteiger partial charge on any atom is -0.389 e. The zero-order valence-electron chi connectivity index (χ0n) is 7.03. The number of primary amides is 1. The number of carbonyl (C=O) groups excluding carboxylic acids is 1. The van der Waals surface area contributed by atoms with E-state index in [1.54, 1.807) is 20.8 Å². The van der Waals surface area contributed by atoms with Crippen molar-refractivity contribution in [3.05, 3.63) is 0 Å². The van der Waals surface area contributed by atoms with Crippen LogP contribution >= 0.6 is 0 Å². The zero-order chi connectivity index (χ0) is 9.23. The molecule has 0 spiro atoms. The van der Waals surface area contributed by atoms with Crippen LogP contribution in [0.2, 0.25) is 0 Å². The Balaban J connectivity index is 4.25. The van der Waals surface area contributed by atoms with Crippen molar-refractivity contribution >= 4 is 5.91 Å². The summed E-state index contributed by atoms with van der Waals surface area (Å²) in [5, 5.41) is 18.3. The lowest BCUT2D eigenvalue weighted by Crippen LogP contribution is -2.45. The van der Waals surface area contributed by atoms with Gasteiger partial charge < -0.3 is 15.9 Å². The lowest BCUT2D eigenvalue weighted by atomic mass is 9.86. The summed E-state index contributed by atoms with van der Waals surface area (Å²) >= 11 is 0. The third-order valence-corrected chi connectivity index (χ3v) is 1.48. The van der Waals surface area contributed by atoms with Gasteiger partial charge in [-0.05, 0) is 5.41 Å². The predicted octanol–water partition coefficient (Wildman–Crippen LogP) is -0.760. The van der Waals surface area contributed by atoms with Gasteiger partial charge in [-0.2, -0.15) is 0 Å². The van der Waals surface area contributed by atoms with Gasteiger partial charge in [0.05, 0.1) is 6.10 Å². The Bertz CT molecular complexity index is 150. The zero-order valence-corrected chi connectivity index (χ0v) is 7.03. The van der Waals surface area contributed by atoms with Crippen molar-refractivity contribution in [1.29, 1.82) is 0 Å². The molecule has 0 aromatic heterocycles. The van der Waals surface area contributed by atoms with Gasteiger partial charge in [0.15, 0.2) is 6.10 Å². The molecule has 0 aliphatic rings. The molecule has 0 aromatic carbocycles. The fourth-order valence-corrected chi connectivity index (χ4v) is 0.629. The van der Waals surface area contributed by atoms with Crippen LogP contribution in [-0.4, -0.2) is 28.3 Å². The van der Waals surface area contributed by atoms with Crippen molar-refractivity contribution in [1.82, 2.24) is 0 Å². The van der Waals surface area contributed by atoms with Gasteiger partial charge in [-0.15, -0.1) is 0 Å². The van der Waals surface area contributed by atoms with E-state index in [4.69, 9.17) is 10.8 Å². The molecule has 2 atom stereocenters. The summed E-state index contributed by atoms with van der Waals surface area (Å²) in [5.41, 5.74) is 4.25. The van der Waals surface area contributed by atoms with Crippen LogP contribution in [0.5, 0.6) is 0 Å². The van der Waals surface area contributed by atoms with E-state index >= 15 is 0 Å². The topological polar surface area (TPSA) is 83.6 Å². The quantitative estimate of drug-likeness (QED) is 0.497. The second kappa shape index (κ2) is 3.19. The summed E-state index contributed by atoms with van der Waals surface area (Å²) in [6.07, 6.45) is -2.59. The Morgan fingerprint density at radius 3 is 1.82 bits per heavy atom. The van der Waals surface area contributed by atoms with Crippen LogP contribution in [0.1, 0.15) is 20.8 Å². The maximum Gasteiger partial charge on any atom is 0.248 e. The summed E-state index contributed by atoms with van der Waals surface area (Å²) in [7, 11) is 0. The van der Waals surface area contributed by atoms with Crippen molar-refractivity contribution in [3.8, 4) is 0 Å². The van der Waals surface area contributed by atoms with Crippen molar-refractivity contribution < 1.29 is 15.0 Å². The van der Waals surface area contributed by atoms with E-state index in [1.165, 1.54) is 0 Å². The van der Waals surface area contributed by atoms with Gasteiger partial charge in [-0.3, -0.25) is 4.79 Å². The Labute approximate surface area is 66.0 Å². The van der Waals surface area contributed by atoms with Crippen LogP contribution in [0.15, 0.2) is 0 Å². The van der Waals surface area contributed by atoms with E-state index in [9.17, 15) is 9.90 Å². The number of aliphatic hydroxyl groups is 2. The van der Waals surface area contributed by atoms with Gasteiger partial charge in [-0.1, -0.05) is 20.8 Å². The molecule has 4 heteroatoms. The smallest absolute Gasteiger partial charge is 0.248 e. The van der Waals surface area contributed by atoms with Crippen LogP contribution in [0, 0.1) is 5.41 Å². The number of hydrogen-bond donors (Lipinski definition) is 3. The highest BCUT2D eigenvalue weighted by Crippen LogP contribution is 2.21. The average molecular weight is 161 g/mol. The van der Waals surface area contributed by atoms with E-state index in [2.05, 4.69) is 0 Å². The molecule has 66 valence electrons. The molecule has 0 aliphatic heterocycles. The maximum atomic E-state index is 10.4. The van der Waals surface area contributed by atoms with E-state index in [1.807, 2.05) is 0 Å². The highest BCUT2D eigenvalue weighted by Gasteiger charge is 2.32. The summed E-state index contributed by atoms with van der Waals surface area (Å²) in [6, 6.07) is 0. The molecule has 0 radical (unpaired) electrons. The summed E-state index contributed by atoms with van der Waals surface area (Å²) < 4.78 is 0. The molecule has 0 fully saturated rings. The predicted molar refractivity (Wildman–Crippen MR) is 40.7 cm³/mol. The largest absolute Gasteiger partial charge is 0.389 e. The third kappa shape index (κ3) is 2.86. The van der Waals surface area contributed by atoms with Gasteiger partial charge >= 0.3 is 0 Å². The van der Waals surface area contributed by atoms with Crippen LogP contribution < -0.4 is 5.73 Å². The van der Waals surface area contributed by atoms with Crippen molar-refractivity contribution in [2.24, 2.45) is 11.1 Å². The Morgan fingerprint density at radius 2 is 1.73 bits per heavy atom. The van der Waals surface area contributed by atoms with Gasteiger partial charge in [0.1, 0.15) is 0 Å². The summed E-state index contributed by atoms with van der Waals surface area (Å²) in [4.78, 5) is 10.4. The van der Waals surface area contributed by atoms with Crippen LogP contribution in [0.25, 0.3) is 0 Å². The molecule has 0 aromatic rings. The number of aliphatic hydroxyl groups excluding tert-OH is 2. The number of carbonyl (C=O) groups is 1. The van der Waals surface area contributed by atoms with Gasteiger partial charge in [0.25, 0.3) is 0 Å². The lowest BCUT2D eigenvalue weighted by molar-refractivity contribution is -0.136. The molecular formula is C7H15NO3. The lowest BCUT2D eigenvalue weighted by Gasteiger charge is -2.28. The maximum absolute atomic E-state index is 10.4. The third-order valence-electron chi connectivity index (χ3n) is 1.48. The first kappa shape index (κ1) is 10.4. The van der Waals surface area contributed by atoms with Crippen molar-refractivity contribution in [2.75, 3.05) is 0 Å². The number of rotatable bonds is 2. The molecule has 2 unspecified atom stereocenters. The fraction of sp³-hybridized carbons (Fsp3) is 0.857. The molecule has 0 rings (SSSR count). The molecule has 4 nitrogen and oxygen atoms in total. The molecule has 11 heavy (non-hydrogen) atoms. The summed E-state index contributed by atoms with van der Waals surface area (Å²) in [6.45, 7) is 5.14. The van der Waals surface area contributed by atoms with E-state index < -0.39 is 23.5 Å². The van der Waals surface area contributed by atoms with Crippen molar-refractivity contribution in [3.63, 3.8) is 0 Å². The average Bonchev–Trinajstić information content (AvgIpc) is 1.82. The normalized spacial score (nSPS) is 17.5. The Kier molecular flexibility index (Phi) is 3.02. The second-order valence-electron chi connectivity index (χ2n) is 3.66. The first-order valence-electron chi connectivity index (χ1n) is 3.42. The van der Waals surface area contributed by atoms with Gasteiger partial charge in [0.2, 0.25) is 5.91 Å². The highest BCUT2D eigenvalue weighted by atomic mass is 16.3. The SMILES string of the molecule is CC(C)(C)C(O)C(O)C(N)=O. The monoisotopic (exact) mass is 161 g/mol. The molecular weight excluding hydrogens is 146 g/mol. The van der Waals surface area contributed by atoms with Crippen LogP contribution in [-0.2, 0) is 4.79 Å². The highest BCUT2D eigenvalue weighted by molar-refractivity contribution is 5.79. The molecule has 0 saturated carbocycles. The number of amides is 1. The standard InChI is InChI=1S/C7H15NO3/c1-7(2,3)5(10)4(9)6(8)11/h4-5,9-10H,1-3H3,(H2,8,11). The Morgan fingerprint density at radius 1 is 1.36 bits per heavy atom. The minimum absolute atomic E-state index is 0.533. The molecule has 1 amide bonds. The first-order valence-corrected chi connectivity index (χ1v) is 3.42. The number of nitrogens with two attached hydrogens (primary N) is 1. The Hall–Kier alpha value is -0.610. The molecule has 0 heterocycles. The summed E-state index contributed by atoms with van der Waals surface area (Å²) in [5.74, 6) is -0.896. The van der Waals surface area contributed by atoms with Crippen LogP contribution in [0.3, 0.4) is 0 Å². The van der Waals surface area contributed by atoms with Gasteiger partial charge in [0, 0.05) is 0 Å². The van der Waals surface area contributed by atoms with Gasteiger partial charge in [-0.25, -0.2) is 0 Å². The van der Waals surface area contributed by atoms with E-state index in [0.29, 0.717) is 0 Å². The van der Waals surface area contributed by atoms with Crippen LogP contribution in [0.4, 0.5) is 0 Å². The minimum atomic E-state index is -1.48. The first-order chi connectivity index (χ1) is 4.76. The molecule has 0 saturated heterocycles.